The Kier molecular flexibility index (Phi) is 4.58. The Balaban J connectivity index is 1.66. The molecule has 1 aromatic rings. The van der Waals surface area contributed by atoms with E-state index in [4.69, 9.17) is 0 Å². The van der Waals surface area contributed by atoms with Gasteiger partial charge in [-0.2, -0.15) is 0 Å². The number of nitro benzene ring substituents is 1. The average Bonchev–Trinajstić information content (AvgIpc) is 3.08. The zero-order valence-electron chi connectivity index (χ0n) is 13.3. The molecule has 2 heterocycles. The molecule has 2 saturated heterocycles. The van der Waals surface area contributed by atoms with E-state index in [9.17, 15) is 14.9 Å². The van der Waals surface area contributed by atoms with Crippen molar-refractivity contribution in [1.82, 2.24) is 15.1 Å². The van der Waals surface area contributed by atoms with Gasteiger partial charge in [0.2, 0.25) is 0 Å². The summed E-state index contributed by atoms with van der Waals surface area (Å²) in [5, 5.41) is 14.3. The number of rotatable bonds is 3. The Bertz CT molecular complexity index is 605. The second-order valence-electron chi connectivity index (χ2n) is 6.29. The molecule has 7 nitrogen and oxygen atoms in total. The highest BCUT2D eigenvalue weighted by atomic mass is 16.6. The number of hydrogen-bond donors (Lipinski definition) is 1. The molecule has 1 N–H and O–H groups in total. The van der Waals surface area contributed by atoms with E-state index in [0.29, 0.717) is 24.7 Å². The van der Waals surface area contributed by atoms with Crippen LogP contribution < -0.4 is 5.32 Å². The molecule has 0 aliphatic carbocycles. The van der Waals surface area contributed by atoms with Gasteiger partial charge in [-0.1, -0.05) is 0 Å². The first-order chi connectivity index (χ1) is 11.0. The predicted molar refractivity (Wildman–Crippen MR) is 86.6 cm³/mol. The number of nitrogens with one attached hydrogen (secondary N) is 1. The number of hydrogen-bond acceptors (Lipinski definition) is 5. The van der Waals surface area contributed by atoms with Crippen molar-refractivity contribution in [3.8, 4) is 0 Å². The quantitative estimate of drug-likeness (QED) is 0.665. The number of non-ortho nitro benzene ring substituents is 1. The van der Waals surface area contributed by atoms with Crippen molar-refractivity contribution in [3.05, 3.63) is 39.4 Å². The fourth-order valence-electron chi connectivity index (χ4n) is 3.42. The molecule has 2 fully saturated rings. The molecule has 2 aliphatic rings. The minimum absolute atomic E-state index is 0.0241. The molecule has 124 valence electrons. The number of piperazine rings is 1. The molecule has 1 aromatic carbocycles. The fourth-order valence-corrected chi connectivity index (χ4v) is 3.42. The lowest BCUT2D eigenvalue weighted by Crippen LogP contribution is -2.52. The SMILES string of the molecule is Cc1cc(C(=O)N2CCN(C3CCNC3)CC2)cc([N+](=O)[O-])c1. The molecule has 7 heteroatoms. The van der Waals surface area contributed by atoms with Gasteiger partial charge in [0.05, 0.1) is 4.92 Å². The smallest absolute Gasteiger partial charge is 0.270 e. The lowest BCUT2D eigenvalue weighted by Gasteiger charge is -2.37. The molecular weight excluding hydrogens is 296 g/mol. The van der Waals surface area contributed by atoms with E-state index < -0.39 is 4.92 Å². The number of amides is 1. The maximum atomic E-state index is 12.6. The van der Waals surface area contributed by atoms with E-state index >= 15 is 0 Å². The highest BCUT2D eigenvalue weighted by molar-refractivity contribution is 5.95. The van der Waals surface area contributed by atoms with Crippen LogP contribution in [0, 0.1) is 17.0 Å². The lowest BCUT2D eigenvalue weighted by atomic mass is 10.1. The topological polar surface area (TPSA) is 78.7 Å². The largest absolute Gasteiger partial charge is 0.336 e. The molecule has 0 bridgehead atoms. The Morgan fingerprint density at radius 2 is 2.00 bits per heavy atom. The van der Waals surface area contributed by atoms with Crippen LogP contribution in [0.2, 0.25) is 0 Å². The third-order valence-corrected chi connectivity index (χ3v) is 4.67. The summed E-state index contributed by atoms with van der Waals surface area (Å²) in [6.07, 6.45) is 1.16. The van der Waals surface area contributed by atoms with Crippen molar-refractivity contribution in [1.29, 1.82) is 0 Å². The van der Waals surface area contributed by atoms with E-state index in [1.165, 1.54) is 12.1 Å². The zero-order chi connectivity index (χ0) is 16.4. The van der Waals surface area contributed by atoms with Gasteiger partial charge in [-0.25, -0.2) is 0 Å². The summed E-state index contributed by atoms with van der Waals surface area (Å²) in [6, 6.07) is 5.17. The number of carbonyl (C=O) groups excluding carboxylic acids is 1. The van der Waals surface area contributed by atoms with Crippen LogP contribution >= 0.6 is 0 Å². The summed E-state index contributed by atoms with van der Waals surface area (Å²) >= 11 is 0. The second-order valence-corrected chi connectivity index (χ2v) is 6.29. The minimum atomic E-state index is -0.450. The second kappa shape index (κ2) is 6.64. The summed E-state index contributed by atoms with van der Waals surface area (Å²) in [4.78, 5) is 27.4. The maximum absolute atomic E-state index is 12.6. The van der Waals surface area contributed by atoms with Crippen molar-refractivity contribution >= 4 is 11.6 Å². The van der Waals surface area contributed by atoms with Gasteiger partial charge in [0.1, 0.15) is 0 Å². The number of nitrogens with zero attached hydrogens (tertiary/aromatic N) is 3. The van der Waals surface area contributed by atoms with Gasteiger partial charge in [0.15, 0.2) is 0 Å². The van der Waals surface area contributed by atoms with Crippen LogP contribution in [0.25, 0.3) is 0 Å². The molecule has 0 aromatic heterocycles. The third kappa shape index (κ3) is 3.51. The molecule has 23 heavy (non-hydrogen) atoms. The van der Waals surface area contributed by atoms with E-state index in [0.717, 1.165) is 38.2 Å². The maximum Gasteiger partial charge on any atom is 0.270 e. The standard InChI is InChI=1S/C16H22N4O3/c1-12-8-13(10-15(9-12)20(22)23)16(21)19-6-4-18(5-7-19)14-2-3-17-11-14/h8-10,14,17H,2-7,11H2,1H3. The number of aryl methyl sites for hydroxylation is 1. The lowest BCUT2D eigenvalue weighted by molar-refractivity contribution is -0.384. The van der Waals surface area contributed by atoms with Crippen molar-refractivity contribution < 1.29 is 9.72 Å². The van der Waals surface area contributed by atoms with Crippen molar-refractivity contribution in [3.63, 3.8) is 0 Å². The van der Waals surface area contributed by atoms with E-state index in [1.54, 1.807) is 17.9 Å². The van der Waals surface area contributed by atoms with Gasteiger partial charge in [-0.05, 0) is 31.5 Å². The van der Waals surface area contributed by atoms with Gasteiger partial charge >= 0.3 is 0 Å². The summed E-state index contributed by atoms with van der Waals surface area (Å²) in [5.41, 5.74) is 1.12. The van der Waals surface area contributed by atoms with Crippen LogP contribution in [0.15, 0.2) is 18.2 Å². The number of carbonyl (C=O) groups is 1. The first kappa shape index (κ1) is 15.9. The molecule has 2 aliphatic heterocycles. The van der Waals surface area contributed by atoms with Gasteiger partial charge in [-0.15, -0.1) is 0 Å². The Hall–Kier alpha value is -1.99. The molecule has 0 radical (unpaired) electrons. The van der Waals surface area contributed by atoms with Crippen LogP contribution in [0.4, 0.5) is 5.69 Å². The summed E-state index contributed by atoms with van der Waals surface area (Å²) in [6.45, 7) is 6.95. The van der Waals surface area contributed by atoms with Gasteiger partial charge in [-0.3, -0.25) is 19.8 Å². The summed E-state index contributed by atoms with van der Waals surface area (Å²) in [5.74, 6) is -0.110. The Morgan fingerprint density at radius 1 is 1.26 bits per heavy atom. The average molecular weight is 318 g/mol. The van der Waals surface area contributed by atoms with Crippen molar-refractivity contribution in [2.45, 2.75) is 19.4 Å². The van der Waals surface area contributed by atoms with Crippen LogP contribution in [0.3, 0.4) is 0 Å². The Morgan fingerprint density at radius 3 is 2.61 bits per heavy atom. The third-order valence-electron chi connectivity index (χ3n) is 4.67. The molecular formula is C16H22N4O3. The fraction of sp³-hybridized carbons (Fsp3) is 0.562. The predicted octanol–water partition coefficient (Wildman–Crippen LogP) is 1.02. The molecule has 1 atom stereocenters. The normalized spacial score (nSPS) is 22.3. The van der Waals surface area contributed by atoms with E-state index in [-0.39, 0.29) is 11.6 Å². The zero-order valence-corrected chi connectivity index (χ0v) is 13.3. The van der Waals surface area contributed by atoms with Gasteiger partial charge in [0.25, 0.3) is 11.6 Å². The van der Waals surface area contributed by atoms with Crippen LogP contribution in [-0.2, 0) is 0 Å². The van der Waals surface area contributed by atoms with Crippen molar-refractivity contribution in [2.75, 3.05) is 39.3 Å². The van der Waals surface area contributed by atoms with Crippen LogP contribution in [0.1, 0.15) is 22.3 Å². The van der Waals surface area contributed by atoms with Crippen molar-refractivity contribution in [2.24, 2.45) is 0 Å². The molecule has 1 amide bonds. The first-order valence-corrected chi connectivity index (χ1v) is 8.05. The molecule has 0 saturated carbocycles. The van der Waals surface area contributed by atoms with E-state index in [2.05, 4.69) is 10.2 Å². The molecule has 3 rings (SSSR count). The van der Waals surface area contributed by atoms with Crippen LogP contribution in [0.5, 0.6) is 0 Å². The van der Waals surface area contributed by atoms with Gasteiger partial charge < -0.3 is 10.2 Å². The number of nitro groups is 1. The highest BCUT2D eigenvalue weighted by Gasteiger charge is 2.28. The monoisotopic (exact) mass is 318 g/mol. The van der Waals surface area contributed by atoms with Gasteiger partial charge in [0, 0.05) is 56.5 Å². The summed E-state index contributed by atoms with van der Waals surface area (Å²) in [7, 11) is 0. The van der Waals surface area contributed by atoms with E-state index in [1.807, 2.05) is 0 Å². The molecule has 1 unspecified atom stereocenters. The van der Waals surface area contributed by atoms with Crippen LogP contribution in [-0.4, -0.2) is 65.9 Å². The first-order valence-electron chi connectivity index (χ1n) is 8.05. The highest BCUT2D eigenvalue weighted by Crippen LogP contribution is 2.19. The molecule has 0 spiro atoms. The Labute approximate surface area is 135 Å². The minimum Gasteiger partial charge on any atom is -0.336 e. The summed E-state index contributed by atoms with van der Waals surface area (Å²) < 4.78 is 0. The number of benzene rings is 1.